The monoisotopic (exact) mass is 232 g/mol. The molecule has 0 amide bonds. The molecular formula is C11H12N4O2. The van der Waals surface area contributed by atoms with Crippen LogP contribution in [0, 0.1) is 0 Å². The molecule has 1 heterocycles. The third-order valence-electron chi connectivity index (χ3n) is 2.42. The molecule has 17 heavy (non-hydrogen) atoms. The van der Waals surface area contributed by atoms with Gasteiger partial charge in [-0.25, -0.2) is 15.2 Å². The Morgan fingerprint density at radius 3 is 2.82 bits per heavy atom. The van der Waals surface area contributed by atoms with Crippen LogP contribution in [0.15, 0.2) is 29.4 Å². The van der Waals surface area contributed by atoms with Gasteiger partial charge in [-0.1, -0.05) is 12.1 Å². The summed E-state index contributed by atoms with van der Waals surface area (Å²) in [6.07, 6.45) is 0. The number of fused-ring (bicyclic) bond motifs is 1. The largest absolute Gasteiger partial charge is 0.477 e. The number of nitrogens with zero attached hydrogens (tertiary/aromatic N) is 3. The second-order valence-electron chi connectivity index (χ2n) is 3.60. The zero-order chi connectivity index (χ0) is 12.4. The van der Waals surface area contributed by atoms with Gasteiger partial charge in [0, 0.05) is 7.05 Å². The first-order chi connectivity index (χ1) is 8.09. The fourth-order valence-corrected chi connectivity index (χ4v) is 1.43. The van der Waals surface area contributed by atoms with Crippen LogP contribution in [-0.2, 0) is 11.8 Å². The maximum atomic E-state index is 10.6. The number of benzene rings is 1. The number of imidazole rings is 1. The van der Waals surface area contributed by atoms with Gasteiger partial charge in [-0.05, 0) is 19.1 Å². The molecule has 1 aromatic carbocycles. The van der Waals surface area contributed by atoms with E-state index in [2.05, 4.69) is 15.5 Å². The molecule has 0 unspecified atom stereocenters. The number of carboxylic acids is 1. The SMILES string of the molecule is C/C(=N/Nc1nc2ccccc2n1C)C(=O)O. The number of hydrogen-bond acceptors (Lipinski definition) is 4. The first kappa shape index (κ1) is 11.1. The second-order valence-corrected chi connectivity index (χ2v) is 3.60. The van der Waals surface area contributed by atoms with Crippen molar-refractivity contribution in [3.63, 3.8) is 0 Å². The summed E-state index contributed by atoms with van der Waals surface area (Å²) in [4.78, 5) is 14.9. The lowest BCUT2D eigenvalue weighted by molar-refractivity contribution is -0.129. The number of aromatic nitrogens is 2. The van der Waals surface area contributed by atoms with Crippen molar-refractivity contribution in [3.05, 3.63) is 24.3 Å². The van der Waals surface area contributed by atoms with E-state index in [-0.39, 0.29) is 5.71 Å². The number of hydrogen-bond donors (Lipinski definition) is 2. The summed E-state index contributed by atoms with van der Waals surface area (Å²) in [7, 11) is 1.84. The normalized spacial score (nSPS) is 11.8. The quantitative estimate of drug-likeness (QED) is 0.620. The Hall–Kier alpha value is -2.37. The van der Waals surface area contributed by atoms with Crippen LogP contribution in [0.1, 0.15) is 6.92 Å². The molecule has 6 heteroatoms. The van der Waals surface area contributed by atoms with Crippen LogP contribution < -0.4 is 5.43 Å². The van der Waals surface area contributed by atoms with Crippen molar-refractivity contribution in [3.8, 4) is 0 Å². The van der Waals surface area contributed by atoms with Crippen LogP contribution in [0.4, 0.5) is 5.95 Å². The Kier molecular flexibility index (Phi) is 2.78. The van der Waals surface area contributed by atoms with E-state index in [1.54, 1.807) is 0 Å². The predicted molar refractivity (Wildman–Crippen MR) is 65.1 cm³/mol. The molecule has 2 N–H and O–H groups in total. The second kappa shape index (κ2) is 4.25. The highest BCUT2D eigenvalue weighted by Crippen LogP contribution is 2.17. The molecular weight excluding hydrogens is 220 g/mol. The number of carbonyl (C=O) groups is 1. The number of anilines is 1. The summed E-state index contributed by atoms with van der Waals surface area (Å²) in [6.45, 7) is 1.41. The lowest BCUT2D eigenvalue weighted by Gasteiger charge is -2.00. The maximum absolute atomic E-state index is 10.6. The molecule has 0 saturated carbocycles. The van der Waals surface area contributed by atoms with Gasteiger partial charge in [-0.15, -0.1) is 0 Å². The molecule has 6 nitrogen and oxygen atoms in total. The van der Waals surface area contributed by atoms with Gasteiger partial charge in [0.25, 0.3) is 0 Å². The molecule has 0 spiro atoms. The van der Waals surface area contributed by atoms with Crippen molar-refractivity contribution in [1.29, 1.82) is 0 Å². The summed E-state index contributed by atoms with van der Waals surface area (Å²) in [5.74, 6) is -0.553. The third-order valence-corrected chi connectivity index (χ3v) is 2.42. The maximum Gasteiger partial charge on any atom is 0.351 e. The van der Waals surface area contributed by atoms with Crippen LogP contribution in [0.25, 0.3) is 11.0 Å². The van der Waals surface area contributed by atoms with Crippen LogP contribution >= 0.6 is 0 Å². The standard InChI is InChI=1S/C11H12N4O2/c1-7(10(16)17)13-14-11-12-8-5-3-4-6-9(8)15(11)2/h3-6H,1-2H3,(H,12,14)(H,16,17)/b13-7-. The van der Waals surface area contributed by atoms with Crippen LogP contribution in [0.2, 0.25) is 0 Å². The number of aliphatic carboxylic acids is 1. The average Bonchev–Trinajstić information content (AvgIpc) is 2.64. The topological polar surface area (TPSA) is 79.5 Å². The van der Waals surface area contributed by atoms with E-state index in [4.69, 9.17) is 5.11 Å². The highest BCUT2D eigenvalue weighted by molar-refractivity contribution is 6.34. The molecule has 0 fully saturated rings. The Morgan fingerprint density at radius 2 is 2.18 bits per heavy atom. The van der Waals surface area contributed by atoms with Crippen molar-refractivity contribution >= 4 is 28.7 Å². The minimum absolute atomic E-state index is 0.0166. The minimum Gasteiger partial charge on any atom is -0.477 e. The smallest absolute Gasteiger partial charge is 0.351 e. The number of rotatable bonds is 3. The van der Waals surface area contributed by atoms with Crippen LogP contribution in [0.5, 0.6) is 0 Å². The zero-order valence-corrected chi connectivity index (χ0v) is 9.51. The highest BCUT2D eigenvalue weighted by Gasteiger charge is 2.07. The van der Waals surface area contributed by atoms with Crippen molar-refractivity contribution in [1.82, 2.24) is 9.55 Å². The molecule has 0 bridgehead atoms. The molecule has 1 aromatic heterocycles. The number of carboxylic acid groups (broad SMARTS) is 1. The molecule has 0 saturated heterocycles. The van der Waals surface area contributed by atoms with Gasteiger partial charge < -0.3 is 9.67 Å². The lowest BCUT2D eigenvalue weighted by atomic mass is 10.3. The van der Waals surface area contributed by atoms with Gasteiger partial charge in [0.2, 0.25) is 5.95 Å². The first-order valence-electron chi connectivity index (χ1n) is 5.04. The van der Waals surface area contributed by atoms with E-state index in [0.29, 0.717) is 5.95 Å². The minimum atomic E-state index is -1.06. The fourth-order valence-electron chi connectivity index (χ4n) is 1.43. The van der Waals surface area contributed by atoms with Crippen molar-refractivity contribution < 1.29 is 9.90 Å². The van der Waals surface area contributed by atoms with Crippen molar-refractivity contribution in [2.75, 3.05) is 5.43 Å². The summed E-state index contributed by atoms with van der Waals surface area (Å²) in [5, 5.41) is 12.4. The van der Waals surface area contributed by atoms with E-state index in [0.717, 1.165) is 11.0 Å². The lowest BCUT2D eigenvalue weighted by Crippen LogP contribution is -2.11. The van der Waals surface area contributed by atoms with E-state index in [1.165, 1.54) is 6.92 Å². The molecule has 88 valence electrons. The summed E-state index contributed by atoms with van der Waals surface area (Å²) < 4.78 is 1.81. The Balaban J connectivity index is 2.34. The third kappa shape index (κ3) is 2.10. The number of aryl methyl sites for hydroxylation is 1. The fraction of sp³-hybridized carbons (Fsp3) is 0.182. The highest BCUT2D eigenvalue weighted by atomic mass is 16.4. The molecule has 0 aliphatic carbocycles. The van der Waals surface area contributed by atoms with Gasteiger partial charge in [-0.3, -0.25) is 0 Å². The van der Waals surface area contributed by atoms with Gasteiger partial charge in [0.05, 0.1) is 11.0 Å². The Labute approximate surface area is 97.6 Å². The van der Waals surface area contributed by atoms with E-state index in [9.17, 15) is 4.79 Å². The number of para-hydroxylation sites is 2. The predicted octanol–water partition coefficient (Wildman–Crippen LogP) is 1.45. The van der Waals surface area contributed by atoms with E-state index < -0.39 is 5.97 Å². The van der Waals surface area contributed by atoms with Crippen molar-refractivity contribution in [2.45, 2.75) is 6.92 Å². The molecule has 0 atom stereocenters. The molecule has 0 aliphatic rings. The zero-order valence-electron chi connectivity index (χ0n) is 9.51. The number of nitrogens with one attached hydrogen (secondary N) is 1. The van der Waals surface area contributed by atoms with Gasteiger partial charge in [0.1, 0.15) is 5.71 Å². The molecule has 2 aromatic rings. The van der Waals surface area contributed by atoms with Gasteiger partial charge in [-0.2, -0.15) is 5.10 Å². The van der Waals surface area contributed by atoms with E-state index in [1.807, 2.05) is 35.9 Å². The van der Waals surface area contributed by atoms with Crippen LogP contribution in [-0.4, -0.2) is 26.3 Å². The molecule has 0 aliphatic heterocycles. The molecule has 2 rings (SSSR count). The Bertz CT molecular complexity index is 601. The Morgan fingerprint density at radius 1 is 1.47 bits per heavy atom. The van der Waals surface area contributed by atoms with Crippen molar-refractivity contribution in [2.24, 2.45) is 12.1 Å². The number of hydrazone groups is 1. The summed E-state index contributed by atoms with van der Waals surface area (Å²) in [5.41, 5.74) is 4.42. The summed E-state index contributed by atoms with van der Waals surface area (Å²) in [6, 6.07) is 7.63. The summed E-state index contributed by atoms with van der Waals surface area (Å²) >= 11 is 0. The van der Waals surface area contributed by atoms with Gasteiger partial charge >= 0.3 is 5.97 Å². The van der Waals surface area contributed by atoms with E-state index >= 15 is 0 Å². The van der Waals surface area contributed by atoms with Crippen LogP contribution in [0.3, 0.4) is 0 Å². The molecule has 0 radical (unpaired) electrons. The first-order valence-corrected chi connectivity index (χ1v) is 5.04. The average molecular weight is 232 g/mol. The van der Waals surface area contributed by atoms with Gasteiger partial charge in [0.15, 0.2) is 0 Å².